The number of anilines is 1. The van der Waals surface area contributed by atoms with E-state index in [0.717, 1.165) is 22.6 Å². The van der Waals surface area contributed by atoms with Crippen molar-refractivity contribution in [2.75, 3.05) is 23.7 Å². The predicted molar refractivity (Wildman–Crippen MR) is 117 cm³/mol. The van der Waals surface area contributed by atoms with Crippen molar-refractivity contribution in [1.29, 1.82) is 0 Å². The van der Waals surface area contributed by atoms with Gasteiger partial charge in [-0.05, 0) is 59.5 Å². The minimum absolute atomic E-state index is 0.0132. The SMILES string of the molecule is CS(=O)(=O)N1CCCc2cc(C(=O)COC(=O)c3cc4ccccc4cc3O)ccc21. The van der Waals surface area contributed by atoms with Gasteiger partial charge in [0, 0.05) is 12.1 Å². The first-order valence-electron chi connectivity index (χ1n) is 9.77. The molecule has 1 N–H and O–H groups in total. The molecule has 0 aromatic heterocycles. The predicted octanol–water partition coefficient (Wildman–Crippen LogP) is 3.30. The number of sulfonamides is 1. The van der Waals surface area contributed by atoms with Crippen molar-refractivity contribution in [1.82, 2.24) is 0 Å². The second-order valence-electron chi connectivity index (χ2n) is 7.50. The summed E-state index contributed by atoms with van der Waals surface area (Å²) in [4.78, 5) is 25.0. The molecular formula is C23H21NO6S. The molecule has 0 fully saturated rings. The normalized spacial score (nSPS) is 13.6. The van der Waals surface area contributed by atoms with Crippen LogP contribution in [0.1, 0.15) is 32.7 Å². The van der Waals surface area contributed by atoms with E-state index >= 15 is 0 Å². The molecule has 0 saturated carbocycles. The third-order valence-electron chi connectivity index (χ3n) is 5.30. The minimum Gasteiger partial charge on any atom is -0.507 e. The number of hydrogen-bond acceptors (Lipinski definition) is 6. The van der Waals surface area contributed by atoms with E-state index in [0.29, 0.717) is 30.6 Å². The summed E-state index contributed by atoms with van der Waals surface area (Å²) in [6.45, 7) is -0.0777. The van der Waals surface area contributed by atoms with E-state index in [-0.39, 0.29) is 11.3 Å². The van der Waals surface area contributed by atoms with Crippen molar-refractivity contribution in [2.45, 2.75) is 12.8 Å². The number of aromatic hydroxyl groups is 1. The molecule has 7 nitrogen and oxygen atoms in total. The lowest BCUT2D eigenvalue weighted by Gasteiger charge is -2.29. The van der Waals surface area contributed by atoms with Crippen LogP contribution >= 0.6 is 0 Å². The van der Waals surface area contributed by atoms with Gasteiger partial charge in [-0.15, -0.1) is 0 Å². The molecular weight excluding hydrogens is 418 g/mol. The Morgan fingerprint density at radius 1 is 1.06 bits per heavy atom. The lowest BCUT2D eigenvalue weighted by atomic mass is 9.99. The van der Waals surface area contributed by atoms with Crippen LogP contribution in [0.2, 0.25) is 0 Å². The third kappa shape index (κ3) is 4.25. The van der Waals surface area contributed by atoms with Crippen LogP contribution in [-0.4, -0.2) is 44.7 Å². The third-order valence-corrected chi connectivity index (χ3v) is 6.48. The largest absolute Gasteiger partial charge is 0.507 e. The Kier molecular flexibility index (Phi) is 5.41. The molecule has 160 valence electrons. The van der Waals surface area contributed by atoms with Crippen molar-refractivity contribution in [3.63, 3.8) is 0 Å². The number of rotatable bonds is 5. The van der Waals surface area contributed by atoms with Crippen LogP contribution in [0.3, 0.4) is 0 Å². The maximum absolute atomic E-state index is 12.6. The molecule has 0 radical (unpaired) electrons. The summed E-state index contributed by atoms with van der Waals surface area (Å²) in [5.41, 5.74) is 1.66. The number of ketones is 1. The monoisotopic (exact) mass is 439 g/mol. The van der Waals surface area contributed by atoms with Crippen molar-refractivity contribution in [3.8, 4) is 5.75 Å². The first-order chi connectivity index (χ1) is 14.7. The highest BCUT2D eigenvalue weighted by molar-refractivity contribution is 7.92. The van der Waals surface area contributed by atoms with Gasteiger partial charge in [-0.1, -0.05) is 24.3 Å². The number of Topliss-reactive ketones (excluding diaryl/α,β-unsaturated/α-hetero) is 1. The van der Waals surface area contributed by atoms with Gasteiger partial charge in [-0.2, -0.15) is 0 Å². The zero-order valence-electron chi connectivity index (χ0n) is 16.9. The molecule has 0 saturated heterocycles. The number of carbonyl (C=O) groups excluding carboxylic acids is 2. The second kappa shape index (κ2) is 8.03. The van der Waals surface area contributed by atoms with Gasteiger partial charge < -0.3 is 9.84 Å². The maximum atomic E-state index is 12.6. The van der Waals surface area contributed by atoms with Gasteiger partial charge >= 0.3 is 5.97 Å². The van der Waals surface area contributed by atoms with Crippen LogP contribution in [0.25, 0.3) is 10.8 Å². The summed E-state index contributed by atoms with van der Waals surface area (Å²) in [5.74, 6) is -1.42. The average Bonchev–Trinajstić information content (AvgIpc) is 2.75. The number of carbonyl (C=O) groups is 2. The van der Waals surface area contributed by atoms with Crippen LogP contribution in [0.4, 0.5) is 5.69 Å². The van der Waals surface area contributed by atoms with Crippen LogP contribution in [0, 0.1) is 0 Å². The zero-order valence-corrected chi connectivity index (χ0v) is 17.7. The number of phenolic OH excluding ortho intramolecular Hbond substituents is 1. The van der Waals surface area contributed by atoms with E-state index < -0.39 is 28.4 Å². The Morgan fingerprint density at radius 2 is 1.77 bits per heavy atom. The van der Waals surface area contributed by atoms with Gasteiger partial charge in [-0.25, -0.2) is 13.2 Å². The van der Waals surface area contributed by atoms with Crippen LogP contribution in [-0.2, 0) is 21.2 Å². The van der Waals surface area contributed by atoms with Gasteiger partial charge in [0.05, 0.1) is 11.9 Å². The van der Waals surface area contributed by atoms with Gasteiger partial charge in [0.1, 0.15) is 11.3 Å². The summed E-state index contributed by atoms with van der Waals surface area (Å²) in [6, 6.07) is 15.1. The molecule has 0 unspecified atom stereocenters. The Labute approximate surface area is 179 Å². The van der Waals surface area contributed by atoms with E-state index in [1.165, 1.54) is 22.5 Å². The van der Waals surface area contributed by atoms with Gasteiger partial charge in [-0.3, -0.25) is 9.10 Å². The topological polar surface area (TPSA) is 101 Å². The summed E-state index contributed by atoms with van der Waals surface area (Å²) in [6.07, 6.45) is 2.48. The molecule has 0 aliphatic carbocycles. The fraction of sp³-hybridized carbons (Fsp3) is 0.217. The van der Waals surface area contributed by atoms with Crippen molar-refractivity contribution >= 4 is 38.2 Å². The number of phenols is 1. The molecule has 4 rings (SSSR count). The van der Waals surface area contributed by atoms with Gasteiger partial charge in [0.15, 0.2) is 12.4 Å². The first-order valence-corrected chi connectivity index (χ1v) is 11.6. The molecule has 0 spiro atoms. The second-order valence-corrected chi connectivity index (χ2v) is 9.40. The molecule has 1 heterocycles. The van der Waals surface area contributed by atoms with Crippen LogP contribution in [0.15, 0.2) is 54.6 Å². The number of hydrogen-bond donors (Lipinski definition) is 1. The van der Waals surface area contributed by atoms with Gasteiger partial charge in [0.25, 0.3) is 0 Å². The number of esters is 1. The highest BCUT2D eigenvalue weighted by atomic mass is 32.2. The lowest BCUT2D eigenvalue weighted by molar-refractivity contribution is 0.0472. The number of benzene rings is 3. The molecule has 0 amide bonds. The van der Waals surface area contributed by atoms with Crippen LogP contribution < -0.4 is 4.31 Å². The van der Waals surface area contributed by atoms with E-state index in [1.54, 1.807) is 12.1 Å². The molecule has 31 heavy (non-hydrogen) atoms. The van der Waals surface area contributed by atoms with Crippen molar-refractivity contribution in [3.05, 3.63) is 71.3 Å². The van der Waals surface area contributed by atoms with E-state index in [4.69, 9.17) is 4.74 Å². The zero-order chi connectivity index (χ0) is 22.2. The molecule has 0 bridgehead atoms. The van der Waals surface area contributed by atoms with E-state index in [9.17, 15) is 23.1 Å². The Hall–Kier alpha value is -3.39. The number of fused-ring (bicyclic) bond motifs is 2. The fourth-order valence-electron chi connectivity index (χ4n) is 3.76. The molecule has 3 aromatic rings. The van der Waals surface area contributed by atoms with E-state index in [2.05, 4.69) is 0 Å². The standard InChI is InChI=1S/C23H21NO6S/c1-31(28,29)24-10-4-7-17-11-18(8-9-20(17)24)22(26)14-30-23(27)19-12-15-5-2-3-6-16(15)13-21(19)25/h2-3,5-6,8-9,11-13,25H,4,7,10,14H2,1H3. The Balaban J connectivity index is 1.49. The molecule has 3 aromatic carbocycles. The van der Waals surface area contributed by atoms with Crippen molar-refractivity contribution in [2.24, 2.45) is 0 Å². The number of ether oxygens (including phenoxy) is 1. The number of nitrogens with zero attached hydrogens (tertiary/aromatic N) is 1. The van der Waals surface area contributed by atoms with E-state index in [1.807, 2.05) is 24.3 Å². The first kappa shape index (κ1) is 20.9. The minimum atomic E-state index is -3.39. The van der Waals surface area contributed by atoms with Gasteiger partial charge in [0.2, 0.25) is 10.0 Å². The average molecular weight is 439 g/mol. The highest BCUT2D eigenvalue weighted by Crippen LogP contribution is 2.30. The highest BCUT2D eigenvalue weighted by Gasteiger charge is 2.25. The summed E-state index contributed by atoms with van der Waals surface area (Å²) < 4.78 is 30.4. The fourth-order valence-corrected chi connectivity index (χ4v) is 4.76. The quantitative estimate of drug-likeness (QED) is 0.484. The molecule has 0 atom stereocenters. The van der Waals surface area contributed by atoms with Crippen molar-refractivity contribution < 1.29 is 27.9 Å². The Morgan fingerprint density at radius 3 is 2.48 bits per heavy atom. The lowest BCUT2D eigenvalue weighted by Crippen LogP contribution is -2.34. The summed E-state index contributed by atoms with van der Waals surface area (Å²) >= 11 is 0. The maximum Gasteiger partial charge on any atom is 0.342 e. The molecule has 1 aliphatic rings. The smallest absolute Gasteiger partial charge is 0.342 e. The molecule has 1 aliphatic heterocycles. The van der Waals surface area contributed by atoms with Crippen LogP contribution in [0.5, 0.6) is 5.75 Å². The summed E-state index contributed by atoms with van der Waals surface area (Å²) in [7, 11) is -3.39. The molecule has 8 heteroatoms. The summed E-state index contributed by atoms with van der Waals surface area (Å²) in [5, 5.41) is 11.7. The number of aryl methyl sites for hydroxylation is 1. The Bertz CT molecular complexity index is 1300.